The number of carbonyl (C=O) groups is 2. The van der Waals surface area contributed by atoms with Crippen LogP contribution in [0.1, 0.15) is 31.8 Å². The van der Waals surface area contributed by atoms with Crippen LogP contribution in [0, 0.1) is 0 Å². The number of halogens is 2. The minimum absolute atomic E-state index is 0.0445. The average molecular weight is 911 g/mol. The minimum Gasteiger partial charge on any atom is -0.455 e. The fraction of sp³-hybridized carbons (Fsp3) is 0. The fourth-order valence-corrected chi connectivity index (χ4v) is 13.2. The maximum Gasteiger partial charge on any atom is 0.194 e. The number of hydrogen-bond acceptors (Lipinski definition) is 6. The molecule has 0 saturated heterocycles. The highest BCUT2D eigenvalue weighted by molar-refractivity contribution is 9.11. The van der Waals surface area contributed by atoms with E-state index >= 15 is 0 Å². The lowest BCUT2D eigenvalue weighted by Gasteiger charge is -2.06. The molecule has 4 heterocycles. The molecule has 58 heavy (non-hydrogen) atoms. The van der Waals surface area contributed by atoms with Crippen molar-refractivity contribution in [2.75, 3.05) is 0 Å². The zero-order chi connectivity index (χ0) is 38.6. The molecule has 4 aromatic heterocycles. The van der Waals surface area contributed by atoms with Crippen molar-refractivity contribution < 1.29 is 18.4 Å². The fourth-order valence-electron chi connectivity index (χ4n) is 9.30. The van der Waals surface area contributed by atoms with Crippen LogP contribution in [0.25, 0.3) is 106 Å². The Kier molecular flexibility index (Phi) is 6.76. The molecule has 0 spiro atoms. The molecule has 0 unspecified atom stereocenters. The van der Waals surface area contributed by atoms with Crippen LogP contribution in [0.3, 0.4) is 0 Å². The smallest absolute Gasteiger partial charge is 0.194 e. The van der Waals surface area contributed by atoms with Crippen LogP contribution in [0.2, 0.25) is 0 Å². The summed E-state index contributed by atoms with van der Waals surface area (Å²) in [6.07, 6.45) is 0. The Morgan fingerprint density at radius 3 is 1.67 bits per heavy atom. The lowest BCUT2D eigenvalue weighted by Crippen LogP contribution is -1.95. The van der Waals surface area contributed by atoms with Crippen LogP contribution in [0.4, 0.5) is 0 Å². The predicted molar refractivity (Wildman–Crippen MR) is 246 cm³/mol. The van der Waals surface area contributed by atoms with Gasteiger partial charge in [-0.2, -0.15) is 0 Å². The molecule has 0 aliphatic heterocycles. The number of carbonyl (C=O) groups excluding carboxylic acids is 2. The molecule has 0 amide bonds. The van der Waals surface area contributed by atoms with Crippen molar-refractivity contribution in [3.8, 4) is 22.3 Å². The van der Waals surface area contributed by atoms with Gasteiger partial charge in [-0.25, -0.2) is 0 Å². The molecule has 8 heteroatoms. The van der Waals surface area contributed by atoms with Crippen LogP contribution >= 0.6 is 54.5 Å². The second kappa shape index (κ2) is 11.8. The van der Waals surface area contributed by atoms with E-state index in [9.17, 15) is 9.59 Å². The van der Waals surface area contributed by atoms with Crippen molar-refractivity contribution in [3.05, 3.63) is 165 Å². The SMILES string of the molecule is O=C1c2cc(Br)c3c(oc4ccccc43)c2-c2c1cc(Br)c1c2sc2ccccc21.O=C1c2ccc3c(oc4ccccc43)c2-c2c1ccc1c2sc2ccccc21. The van der Waals surface area contributed by atoms with E-state index in [1.807, 2.05) is 66.7 Å². The number of fused-ring (bicyclic) bond motifs is 22. The number of para-hydroxylation sites is 2. The molecule has 0 bridgehead atoms. The van der Waals surface area contributed by atoms with Crippen molar-refractivity contribution in [2.45, 2.75) is 0 Å². The summed E-state index contributed by atoms with van der Waals surface area (Å²) in [6, 6.07) is 44.9. The van der Waals surface area contributed by atoms with Crippen LogP contribution in [-0.2, 0) is 0 Å². The van der Waals surface area contributed by atoms with Gasteiger partial charge < -0.3 is 8.83 Å². The van der Waals surface area contributed by atoms with Crippen LogP contribution < -0.4 is 0 Å². The molecule has 4 nitrogen and oxygen atoms in total. The molecule has 0 saturated carbocycles. The molecule has 2 aliphatic rings. The number of benzene rings is 8. The topological polar surface area (TPSA) is 60.4 Å². The zero-order valence-corrected chi connectivity index (χ0v) is 34.7. The van der Waals surface area contributed by atoms with Gasteiger partial charge in [0.05, 0.1) is 0 Å². The summed E-state index contributed by atoms with van der Waals surface area (Å²) in [5, 5.41) is 9.01. The molecule has 0 atom stereocenters. The van der Waals surface area contributed by atoms with Gasteiger partial charge in [0.1, 0.15) is 22.3 Å². The quantitative estimate of drug-likeness (QED) is 0.152. The second-order valence-electron chi connectivity index (χ2n) is 14.8. The van der Waals surface area contributed by atoms with Crippen molar-refractivity contribution in [3.63, 3.8) is 0 Å². The van der Waals surface area contributed by atoms with Crippen LogP contribution in [0.5, 0.6) is 0 Å². The van der Waals surface area contributed by atoms with E-state index in [0.717, 1.165) is 102 Å². The van der Waals surface area contributed by atoms with E-state index in [2.05, 4.69) is 98.6 Å². The van der Waals surface area contributed by atoms with Crippen LogP contribution in [-0.4, -0.2) is 11.6 Å². The standard InChI is InChI=1S/C25H10Br2O2S.C25H12O2S/c26-15-9-13-21(24-19(15)11-5-1-3-7-17(11)29-24)22-14(23(13)28)10-16(27)20-12-6-2-4-8-18(12)30-25(20)22;26-23-17-11-9-15-13-5-1-3-7-19(13)27-24(15)21(17)22-18(23)12-10-16-14-6-2-4-8-20(14)28-25(16)22/h1-10H;1-12H. The van der Waals surface area contributed by atoms with Gasteiger partial charge in [0.15, 0.2) is 11.6 Å². The van der Waals surface area contributed by atoms with Gasteiger partial charge in [-0.1, -0.05) is 94.8 Å². The number of thiophene rings is 2. The highest BCUT2D eigenvalue weighted by atomic mass is 79.9. The van der Waals surface area contributed by atoms with Gasteiger partial charge in [-0.3, -0.25) is 9.59 Å². The Bertz CT molecular complexity index is 3630. The number of ketones is 2. The van der Waals surface area contributed by atoms with Crippen molar-refractivity contribution in [1.82, 2.24) is 0 Å². The Morgan fingerprint density at radius 2 is 0.897 bits per heavy atom. The summed E-state index contributed by atoms with van der Waals surface area (Å²) in [4.78, 5) is 26.6. The third kappa shape index (κ3) is 4.27. The third-order valence-electron chi connectivity index (χ3n) is 11.8. The predicted octanol–water partition coefficient (Wildman–Crippen LogP) is 15.9. The van der Waals surface area contributed by atoms with E-state index in [1.54, 1.807) is 22.7 Å². The average Bonchev–Trinajstić information content (AvgIpc) is 4.09. The maximum atomic E-state index is 13.4. The Morgan fingerprint density at radius 1 is 0.397 bits per heavy atom. The van der Waals surface area contributed by atoms with Crippen molar-refractivity contribution in [2.24, 2.45) is 0 Å². The molecular formula is C50H22Br2O4S2. The van der Waals surface area contributed by atoms with E-state index in [0.29, 0.717) is 5.56 Å². The van der Waals surface area contributed by atoms with Gasteiger partial charge in [-0.05, 0) is 70.5 Å². The largest absolute Gasteiger partial charge is 0.455 e. The highest BCUT2D eigenvalue weighted by Gasteiger charge is 2.36. The van der Waals surface area contributed by atoms with Gasteiger partial charge >= 0.3 is 0 Å². The van der Waals surface area contributed by atoms with E-state index in [4.69, 9.17) is 8.83 Å². The summed E-state index contributed by atoms with van der Waals surface area (Å²) >= 11 is 10.9. The lowest BCUT2D eigenvalue weighted by molar-refractivity contribution is 0.103. The normalized spacial score (nSPS) is 13.1. The molecule has 0 N–H and O–H groups in total. The first-order valence-electron chi connectivity index (χ1n) is 18.7. The highest BCUT2D eigenvalue weighted by Crippen LogP contribution is 2.54. The molecule has 272 valence electrons. The molecular weight excluding hydrogens is 888 g/mol. The first-order valence-corrected chi connectivity index (χ1v) is 21.9. The van der Waals surface area contributed by atoms with Gasteiger partial charge in [0.2, 0.25) is 0 Å². The molecule has 0 fully saturated rings. The van der Waals surface area contributed by atoms with Crippen molar-refractivity contribution in [1.29, 1.82) is 0 Å². The summed E-state index contributed by atoms with van der Waals surface area (Å²) < 4.78 is 19.2. The first kappa shape index (κ1) is 33.1. The maximum absolute atomic E-state index is 13.4. The summed E-state index contributed by atoms with van der Waals surface area (Å²) in [5.74, 6) is 0.134. The molecule has 14 rings (SSSR count). The molecule has 2 aliphatic carbocycles. The van der Waals surface area contributed by atoms with Crippen molar-refractivity contribution >= 4 is 150 Å². The monoisotopic (exact) mass is 908 g/mol. The Hall–Kier alpha value is -5.90. The van der Waals surface area contributed by atoms with E-state index in [1.165, 1.54) is 30.3 Å². The minimum atomic E-state index is 0.0445. The van der Waals surface area contributed by atoms with E-state index in [-0.39, 0.29) is 11.6 Å². The van der Waals surface area contributed by atoms with E-state index < -0.39 is 0 Å². The second-order valence-corrected chi connectivity index (χ2v) is 18.6. The summed E-state index contributed by atoms with van der Waals surface area (Å²) in [7, 11) is 0. The number of furan rings is 2. The lowest BCUT2D eigenvalue weighted by atomic mass is 10.0. The first-order chi connectivity index (χ1) is 28.4. The molecule has 0 radical (unpaired) electrons. The van der Waals surface area contributed by atoms with Crippen LogP contribution in [0.15, 0.2) is 151 Å². The Balaban J connectivity index is 0.000000121. The number of rotatable bonds is 0. The Labute approximate surface area is 353 Å². The summed E-state index contributed by atoms with van der Waals surface area (Å²) in [5.41, 5.74) is 10.1. The molecule has 12 aromatic rings. The van der Waals surface area contributed by atoms with Gasteiger partial charge in [-0.15, -0.1) is 22.7 Å². The summed E-state index contributed by atoms with van der Waals surface area (Å²) in [6.45, 7) is 0. The molecule has 8 aromatic carbocycles. The third-order valence-corrected chi connectivity index (χ3v) is 15.4. The number of hydrogen-bond donors (Lipinski definition) is 0. The van der Waals surface area contributed by atoms with Gasteiger partial charge in [0, 0.05) is 115 Å². The van der Waals surface area contributed by atoms with Gasteiger partial charge in [0.25, 0.3) is 0 Å². The zero-order valence-electron chi connectivity index (χ0n) is 29.9.